The number of hydrogen-bond donors (Lipinski definition) is 2. The molecular weight excluding hydrogens is 375 g/mol. The van der Waals surface area contributed by atoms with E-state index >= 15 is 0 Å². The Kier molecular flexibility index (Phi) is 5.42. The van der Waals surface area contributed by atoms with Crippen LogP contribution in [-0.2, 0) is 4.79 Å². The fraction of sp³-hybridized carbons (Fsp3) is 0.300. The summed E-state index contributed by atoms with van der Waals surface area (Å²) in [7, 11) is 0. The number of carboxylic acids is 1. The van der Waals surface area contributed by atoms with Gasteiger partial charge >= 0.3 is 12.1 Å². The van der Waals surface area contributed by atoms with Crippen LogP contribution in [0.2, 0.25) is 0 Å². The van der Waals surface area contributed by atoms with Gasteiger partial charge in [-0.3, -0.25) is 14.9 Å². The molecule has 0 spiro atoms. The van der Waals surface area contributed by atoms with Crippen LogP contribution in [0, 0.1) is 0 Å². The first kappa shape index (κ1) is 19.9. The van der Waals surface area contributed by atoms with E-state index < -0.39 is 24.2 Å². The Balaban J connectivity index is 2.06. The number of fused-ring (bicyclic) bond motifs is 3. The maximum Gasteiger partial charge on any atom is 0.407 e. The van der Waals surface area contributed by atoms with Gasteiger partial charge < -0.3 is 9.52 Å². The Bertz CT molecular complexity index is 1030. The average Bonchev–Trinajstić information content (AvgIpc) is 3.00. The zero-order valence-electron chi connectivity index (χ0n) is 14.9. The van der Waals surface area contributed by atoms with Crippen molar-refractivity contribution in [2.45, 2.75) is 38.0 Å². The lowest BCUT2D eigenvalue weighted by atomic mass is 10.0. The van der Waals surface area contributed by atoms with Crippen molar-refractivity contribution in [2.75, 3.05) is 0 Å². The second-order valence-corrected chi connectivity index (χ2v) is 6.55. The number of benzene rings is 2. The molecule has 0 aliphatic carbocycles. The van der Waals surface area contributed by atoms with Gasteiger partial charge in [0, 0.05) is 16.3 Å². The van der Waals surface area contributed by atoms with Crippen molar-refractivity contribution in [3.05, 3.63) is 47.5 Å². The van der Waals surface area contributed by atoms with E-state index in [9.17, 15) is 27.9 Å². The first-order chi connectivity index (χ1) is 13.2. The molecule has 0 bridgehead atoms. The number of carbonyl (C=O) groups is 2. The van der Waals surface area contributed by atoms with E-state index in [2.05, 4.69) is 5.32 Å². The third-order valence-corrected chi connectivity index (χ3v) is 4.56. The van der Waals surface area contributed by atoms with E-state index in [1.165, 1.54) is 18.2 Å². The lowest BCUT2D eigenvalue weighted by Gasteiger charge is -2.25. The highest BCUT2D eigenvalue weighted by Crippen LogP contribution is 2.37. The highest BCUT2D eigenvalue weighted by Gasteiger charge is 2.43. The predicted molar refractivity (Wildman–Crippen MR) is 97.4 cm³/mol. The average molecular weight is 393 g/mol. The maximum absolute atomic E-state index is 13.6. The molecule has 1 aromatic heterocycles. The molecule has 28 heavy (non-hydrogen) atoms. The highest BCUT2D eigenvalue weighted by atomic mass is 19.4. The van der Waals surface area contributed by atoms with E-state index in [-0.39, 0.29) is 17.6 Å². The summed E-state index contributed by atoms with van der Waals surface area (Å²) in [6, 6.07) is 5.31. The number of carbonyl (C=O) groups excluding carboxylic acids is 1. The maximum atomic E-state index is 13.6. The Hall–Kier alpha value is -2.87. The molecule has 0 radical (unpaired) electrons. The molecule has 0 amide bonds. The lowest BCUT2D eigenvalue weighted by Crippen LogP contribution is -2.44. The third-order valence-electron chi connectivity index (χ3n) is 4.56. The van der Waals surface area contributed by atoms with Gasteiger partial charge in [0.25, 0.3) is 0 Å². The minimum absolute atomic E-state index is 0.0727. The van der Waals surface area contributed by atoms with Crippen molar-refractivity contribution in [1.82, 2.24) is 5.32 Å². The predicted octanol–water partition coefficient (Wildman–Crippen LogP) is 4.84. The summed E-state index contributed by atoms with van der Waals surface area (Å²) in [6.07, 6.45) is -3.51. The first-order valence-electron chi connectivity index (χ1n) is 8.71. The minimum Gasteiger partial charge on any atom is -0.480 e. The van der Waals surface area contributed by atoms with Crippen molar-refractivity contribution >= 4 is 34.2 Å². The lowest BCUT2D eigenvalue weighted by molar-refractivity contribution is -0.163. The van der Waals surface area contributed by atoms with Crippen LogP contribution in [0.25, 0.3) is 21.9 Å². The molecule has 5 nitrogen and oxygen atoms in total. The fourth-order valence-electron chi connectivity index (χ4n) is 3.21. The summed E-state index contributed by atoms with van der Waals surface area (Å²) in [5.74, 6) is -1.33. The number of furan rings is 1. The fourth-order valence-corrected chi connectivity index (χ4v) is 3.21. The molecule has 0 saturated heterocycles. The number of aliphatic carboxylic acids is 1. The van der Waals surface area contributed by atoms with Crippen LogP contribution >= 0.6 is 0 Å². The molecule has 0 aliphatic heterocycles. The summed E-state index contributed by atoms with van der Waals surface area (Å²) in [4.78, 5) is 22.3. The number of rotatable bonds is 7. The summed E-state index contributed by atoms with van der Waals surface area (Å²) in [6.45, 7) is 1.70. The molecule has 2 N–H and O–H groups in total. The summed E-state index contributed by atoms with van der Waals surface area (Å²) < 4.78 is 46.6. The molecule has 3 aromatic rings. The van der Waals surface area contributed by atoms with Crippen molar-refractivity contribution in [3.8, 4) is 0 Å². The van der Waals surface area contributed by atoms with E-state index in [1.807, 2.05) is 0 Å². The molecular formula is C20H18F3NO4. The highest BCUT2D eigenvalue weighted by molar-refractivity contribution is 6.06. The number of hydrogen-bond acceptors (Lipinski definition) is 4. The molecule has 148 valence electrons. The summed E-state index contributed by atoms with van der Waals surface area (Å²) in [5.41, 5.74) is 0.965. The zero-order valence-corrected chi connectivity index (χ0v) is 14.9. The van der Waals surface area contributed by atoms with Gasteiger partial charge in [-0.15, -0.1) is 0 Å². The van der Waals surface area contributed by atoms with Crippen LogP contribution < -0.4 is 5.32 Å². The second kappa shape index (κ2) is 7.63. The van der Waals surface area contributed by atoms with Crippen LogP contribution in [0.15, 0.2) is 40.8 Å². The van der Waals surface area contributed by atoms with Gasteiger partial charge in [-0.1, -0.05) is 25.5 Å². The monoisotopic (exact) mass is 393 g/mol. The van der Waals surface area contributed by atoms with Gasteiger partial charge in [0.1, 0.15) is 29.5 Å². The van der Waals surface area contributed by atoms with Crippen LogP contribution in [-0.4, -0.2) is 29.6 Å². The summed E-state index contributed by atoms with van der Waals surface area (Å²) in [5, 5.41) is 12.6. The van der Waals surface area contributed by atoms with Gasteiger partial charge in [-0.05, 0) is 36.2 Å². The summed E-state index contributed by atoms with van der Waals surface area (Å²) >= 11 is 0. The smallest absolute Gasteiger partial charge is 0.407 e. The van der Waals surface area contributed by atoms with Crippen LogP contribution in [0.3, 0.4) is 0 Å². The van der Waals surface area contributed by atoms with E-state index in [1.54, 1.807) is 25.1 Å². The standard InChI is InChI=1S/C20H18F3NO4/c1-2-3-15(19(26)27)24-18(20(21,22)23)12-5-6-13-14-8-11(10-25)4-7-16(14)28-17(13)9-12/h4-10,15,18,24H,2-3H2,1H3,(H,26,27)/t15?,18-/m0/s1. The minimum atomic E-state index is -4.69. The van der Waals surface area contributed by atoms with Gasteiger partial charge in [-0.2, -0.15) is 13.2 Å². The van der Waals surface area contributed by atoms with Crippen LogP contribution in [0.1, 0.15) is 41.7 Å². The molecule has 2 atom stereocenters. The molecule has 0 fully saturated rings. The van der Waals surface area contributed by atoms with Gasteiger partial charge in [-0.25, -0.2) is 0 Å². The molecule has 3 rings (SSSR count). The number of aldehydes is 1. The SMILES string of the molecule is CCCC(N[C@@H](c1ccc2c(c1)oc1ccc(C=O)cc12)C(F)(F)F)C(=O)O. The molecule has 0 aliphatic rings. The van der Waals surface area contributed by atoms with Crippen molar-refractivity contribution in [3.63, 3.8) is 0 Å². The number of halogens is 3. The first-order valence-corrected chi connectivity index (χ1v) is 8.71. The van der Waals surface area contributed by atoms with Crippen molar-refractivity contribution in [2.24, 2.45) is 0 Å². The Morgan fingerprint density at radius 2 is 1.93 bits per heavy atom. The van der Waals surface area contributed by atoms with Crippen LogP contribution in [0.5, 0.6) is 0 Å². The van der Waals surface area contributed by atoms with E-state index in [0.717, 1.165) is 0 Å². The van der Waals surface area contributed by atoms with E-state index in [0.29, 0.717) is 34.6 Å². The normalized spacial score (nSPS) is 14.3. The second-order valence-electron chi connectivity index (χ2n) is 6.55. The van der Waals surface area contributed by atoms with Crippen molar-refractivity contribution in [1.29, 1.82) is 0 Å². The number of carboxylic acid groups (broad SMARTS) is 1. The Labute approximate surface area is 158 Å². The largest absolute Gasteiger partial charge is 0.480 e. The molecule has 1 heterocycles. The van der Waals surface area contributed by atoms with Gasteiger partial charge in [0.2, 0.25) is 0 Å². The zero-order chi connectivity index (χ0) is 20.5. The Morgan fingerprint density at radius 3 is 2.54 bits per heavy atom. The quantitative estimate of drug-likeness (QED) is 0.561. The van der Waals surface area contributed by atoms with Crippen molar-refractivity contribution < 1.29 is 32.3 Å². The molecule has 2 aromatic carbocycles. The van der Waals surface area contributed by atoms with E-state index in [4.69, 9.17) is 4.42 Å². The Morgan fingerprint density at radius 1 is 1.18 bits per heavy atom. The van der Waals surface area contributed by atoms with Crippen LogP contribution in [0.4, 0.5) is 13.2 Å². The topological polar surface area (TPSA) is 79.5 Å². The number of nitrogens with one attached hydrogen (secondary N) is 1. The third kappa shape index (κ3) is 3.87. The number of alkyl halides is 3. The molecule has 1 unspecified atom stereocenters. The van der Waals surface area contributed by atoms with Gasteiger partial charge in [0.05, 0.1) is 0 Å². The molecule has 8 heteroatoms. The molecule has 0 saturated carbocycles. The van der Waals surface area contributed by atoms with Gasteiger partial charge in [0.15, 0.2) is 0 Å².